The fourth-order valence-corrected chi connectivity index (χ4v) is 2.70. The normalized spacial score (nSPS) is 13.2. The molecule has 0 bridgehead atoms. The van der Waals surface area contributed by atoms with Gasteiger partial charge in [-0.2, -0.15) is 9.78 Å². The lowest BCUT2D eigenvalue weighted by Gasteiger charge is -2.12. The van der Waals surface area contributed by atoms with Crippen LogP contribution >= 0.6 is 0 Å². The number of hydrogen-bond donors (Lipinski definition) is 3. The van der Waals surface area contributed by atoms with Crippen LogP contribution in [0.2, 0.25) is 0 Å². The summed E-state index contributed by atoms with van der Waals surface area (Å²) in [5.74, 6) is -0.395. The molecule has 2 aromatic heterocycles. The molecular formula is C18H16FN7O. The third kappa shape index (κ3) is 3.50. The number of carbonyl (C=O) groups is 1. The van der Waals surface area contributed by atoms with E-state index in [-0.39, 0.29) is 17.3 Å². The van der Waals surface area contributed by atoms with Crippen molar-refractivity contribution in [2.24, 2.45) is 0 Å². The van der Waals surface area contributed by atoms with Crippen LogP contribution in [0.4, 0.5) is 27.3 Å². The molecule has 136 valence electrons. The van der Waals surface area contributed by atoms with Gasteiger partial charge >= 0.3 is 0 Å². The lowest BCUT2D eigenvalue weighted by atomic mass is 10.2. The summed E-state index contributed by atoms with van der Waals surface area (Å²) in [4.78, 5) is 15.5. The van der Waals surface area contributed by atoms with Gasteiger partial charge in [0.25, 0.3) is 0 Å². The number of fused-ring (bicyclic) bond motifs is 1. The van der Waals surface area contributed by atoms with Crippen LogP contribution in [-0.2, 0) is 4.79 Å². The number of hydrogen-bond acceptors (Lipinski definition) is 6. The molecule has 1 fully saturated rings. The Labute approximate surface area is 154 Å². The van der Waals surface area contributed by atoms with Crippen molar-refractivity contribution in [1.29, 1.82) is 5.26 Å². The number of benzene rings is 1. The van der Waals surface area contributed by atoms with E-state index in [4.69, 9.17) is 0 Å². The predicted octanol–water partition coefficient (Wildman–Crippen LogP) is 3.02. The summed E-state index contributed by atoms with van der Waals surface area (Å²) in [6.07, 6.45) is 3.58. The number of carbonyl (C=O) groups excluding carboxylic acids is 1. The van der Waals surface area contributed by atoms with Gasteiger partial charge in [0.15, 0.2) is 17.2 Å². The third-order valence-electron chi connectivity index (χ3n) is 4.07. The van der Waals surface area contributed by atoms with Gasteiger partial charge < -0.3 is 16.0 Å². The fourth-order valence-electron chi connectivity index (χ4n) is 2.70. The molecule has 9 heteroatoms. The number of nitriles is 1. The molecule has 2 heterocycles. The summed E-state index contributed by atoms with van der Waals surface area (Å²) < 4.78 is 15.6. The Morgan fingerprint density at radius 1 is 1.33 bits per heavy atom. The first-order valence-corrected chi connectivity index (χ1v) is 8.43. The predicted molar refractivity (Wildman–Crippen MR) is 98.3 cm³/mol. The number of amides is 1. The largest absolute Gasteiger partial charge is 0.379 e. The van der Waals surface area contributed by atoms with Gasteiger partial charge in [-0.1, -0.05) is 0 Å². The van der Waals surface area contributed by atoms with E-state index in [1.165, 1.54) is 35.8 Å². The minimum atomic E-state index is -0.492. The molecular weight excluding hydrogens is 349 g/mol. The third-order valence-corrected chi connectivity index (χ3v) is 4.07. The molecule has 1 aliphatic carbocycles. The number of nitrogens with zero attached hydrogens (tertiary/aromatic N) is 4. The molecule has 0 atom stereocenters. The monoisotopic (exact) mass is 365 g/mol. The summed E-state index contributed by atoms with van der Waals surface area (Å²) in [5, 5.41) is 22.5. The molecule has 1 saturated carbocycles. The maximum absolute atomic E-state index is 14.2. The van der Waals surface area contributed by atoms with Gasteiger partial charge in [0.2, 0.25) is 5.91 Å². The Morgan fingerprint density at radius 3 is 2.85 bits per heavy atom. The number of aromatic nitrogens is 3. The first kappa shape index (κ1) is 16.8. The van der Waals surface area contributed by atoms with E-state index in [1.807, 2.05) is 6.07 Å². The molecule has 1 amide bonds. The number of imidazole rings is 1. The topological polar surface area (TPSA) is 107 Å². The highest BCUT2D eigenvalue weighted by atomic mass is 19.1. The van der Waals surface area contributed by atoms with E-state index in [2.05, 4.69) is 26.0 Å². The Morgan fingerprint density at radius 2 is 2.15 bits per heavy atom. The summed E-state index contributed by atoms with van der Waals surface area (Å²) in [7, 11) is 0. The average Bonchev–Trinajstić information content (AvgIpc) is 3.34. The molecule has 3 N–H and O–H groups in total. The first-order chi connectivity index (χ1) is 13.0. The van der Waals surface area contributed by atoms with Gasteiger partial charge in [-0.25, -0.2) is 9.37 Å². The Hall–Kier alpha value is -3.67. The Bertz CT molecular complexity index is 1080. The maximum Gasteiger partial charge on any atom is 0.221 e. The van der Waals surface area contributed by atoms with E-state index in [1.54, 1.807) is 6.07 Å². The van der Waals surface area contributed by atoms with Crippen LogP contribution < -0.4 is 16.0 Å². The van der Waals surface area contributed by atoms with Crippen molar-refractivity contribution >= 4 is 34.4 Å². The van der Waals surface area contributed by atoms with Gasteiger partial charge in [0.05, 0.1) is 17.6 Å². The van der Waals surface area contributed by atoms with Gasteiger partial charge in [0.1, 0.15) is 11.9 Å². The number of rotatable bonds is 5. The van der Waals surface area contributed by atoms with Crippen molar-refractivity contribution in [2.45, 2.75) is 25.8 Å². The molecule has 0 saturated heterocycles. The minimum Gasteiger partial charge on any atom is -0.379 e. The van der Waals surface area contributed by atoms with Crippen molar-refractivity contribution < 1.29 is 9.18 Å². The van der Waals surface area contributed by atoms with Crippen LogP contribution in [0.3, 0.4) is 0 Å². The highest BCUT2D eigenvalue weighted by Crippen LogP contribution is 2.30. The number of halogens is 1. The minimum absolute atomic E-state index is 0.157. The second-order valence-electron chi connectivity index (χ2n) is 6.35. The van der Waals surface area contributed by atoms with Crippen molar-refractivity contribution in [3.05, 3.63) is 42.0 Å². The van der Waals surface area contributed by atoms with Crippen molar-refractivity contribution in [3.8, 4) is 6.07 Å². The molecule has 0 radical (unpaired) electrons. The van der Waals surface area contributed by atoms with E-state index >= 15 is 0 Å². The maximum atomic E-state index is 14.2. The van der Waals surface area contributed by atoms with E-state index in [9.17, 15) is 14.4 Å². The smallest absolute Gasteiger partial charge is 0.221 e. The summed E-state index contributed by atoms with van der Waals surface area (Å²) >= 11 is 0. The molecule has 1 aliphatic rings. The highest BCUT2D eigenvalue weighted by molar-refractivity contribution is 5.89. The van der Waals surface area contributed by atoms with Gasteiger partial charge in [-0.15, -0.1) is 5.10 Å². The zero-order valence-corrected chi connectivity index (χ0v) is 14.5. The Balaban J connectivity index is 1.73. The molecule has 27 heavy (non-hydrogen) atoms. The zero-order chi connectivity index (χ0) is 19.0. The summed E-state index contributed by atoms with van der Waals surface area (Å²) in [6, 6.07) is 8.35. The van der Waals surface area contributed by atoms with Gasteiger partial charge in [0, 0.05) is 24.7 Å². The quantitative estimate of drug-likeness (QED) is 0.642. The van der Waals surface area contributed by atoms with Gasteiger partial charge in [-0.3, -0.25) is 4.79 Å². The standard InChI is InChI=1S/C18H16FN7O/c1-10(27)22-12-4-5-14(19)15(6-12)24-17-7-16(23-11-2-3-11)18-21-9-13(8-20)26(18)25-17/h4-7,9,11,23H,2-3H2,1H3,(H,22,27)(H,24,25). The van der Waals surface area contributed by atoms with E-state index in [0.29, 0.717) is 23.2 Å². The summed E-state index contributed by atoms with van der Waals surface area (Å²) in [6.45, 7) is 1.38. The number of nitrogens with one attached hydrogen (secondary N) is 3. The molecule has 0 spiro atoms. The zero-order valence-electron chi connectivity index (χ0n) is 14.5. The second kappa shape index (κ2) is 6.57. The highest BCUT2D eigenvalue weighted by Gasteiger charge is 2.23. The van der Waals surface area contributed by atoms with Crippen LogP contribution in [0.25, 0.3) is 5.65 Å². The SMILES string of the molecule is CC(=O)Nc1ccc(F)c(Nc2cc(NC3CC3)c3ncc(C#N)n3n2)c1. The molecule has 8 nitrogen and oxygen atoms in total. The van der Waals surface area contributed by atoms with Crippen molar-refractivity contribution in [1.82, 2.24) is 14.6 Å². The summed E-state index contributed by atoms with van der Waals surface area (Å²) in [5.41, 5.74) is 2.15. The van der Waals surface area contributed by atoms with Crippen LogP contribution in [0.15, 0.2) is 30.5 Å². The van der Waals surface area contributed by atoms with Crippen molar-refractivity contribution in [2.75, 3.05) is 16.0 Å². The first-order valence-electron chi connectivity index (χ1n) is 8.43. The number of anilines is 4. The molecule has 0 unspecified atom stereocenters. The second-order valence-corrected chi connectivity index (χ2v) is 6.35. The molecule has 4 rings (SSSR count). The van der Waals surface area contributed by atoms with Crippen LogP contribution in [0.5, 0.6) is 0 Å². The lowest BCUT2D eigenvalue weighted by molar-refractivity contribution is -0.114. The van der Waals surface area contributed by atoms with Crippen LogP contribution in [0.1, 0.15) is 25.5 Å². The molecule has 3 aromatic rings. The average molecular weight is 365 g/mol. The Kier molecular flexibility index (Phi) is 4.08. The van der Waals surface area contributed by atoms with Crippen LogP contribution in [-0.4, -0.2) is 26.5 Å². The van der Waals surface area contributed by atoms with Crippen LogP contribution in [0, 0.1) is 17.1 Å². The van der Waals surface area contributed by atoms with Gasteiger partial charge in [-0.05, 0) is 31.0 Å². The van der Waals surface area contributed by atoms with E-state index < -0.39 is 5.82 Å². The molecule has 0 aliphatic heterocycles. The van der Waals surface area contributed by atoms with Crippen molar-refractivity contribution in [3.63, 3.8) is 0 Å². The molecule has 1 aromatic carbocycles. The fraction of sp³-hybridized carbons (Fsp3) is 0.222. The lowest BCUT2D eigenvalue weighted by Crippen LogP contribution is -2.09. The van der Waals surface area contributed by atoms with E-state index in [0.717, 1.165) is 18.5 Å².